The first-order valence-corrected chi connectivity index (χ1v) is 8.34. The van der Waals surface area contributed by atoms with Crippen molar-refractivity contribution in [3.8, 4) is 0 Å². The zero-order valence-corrected chi connectivity index (χ0v) is 13.4. The van der Waals surface area contributed by atoms with E-state index in [0.29, 0.717) is 6.04 Å². The Hall–Kier alpha value is -0.800. The van der Waals surface area contributed by atoms with Crippen LogP contribution in [0.25, 0.3) is 0 Å². The molecular formula is C17H31N3. The van der Waals surface area contributed by atoms with Crippen LogP contribution in [0.15, 0.2) is 12.3 Å². The summed E-state index contributed by atoms with van der Waals surface area (Å²) in [6.45, 7) is 10.4. The molecule has 20 heavy (non-hydrogen) atoms. The molecule has 1 aliphatic carbocycles. The summed E-state index contributed by atoms with van der Waals surface area (Å²) in [5.41, 5.74) is 9.11. The maximum atomic E-state index is 6.22. The van der Waals surface area contributed by atoms with Gasteiger partial charge in [0.25, 0.3) is 0 Å². The Morgan fingerprint density at radius 2 is 2.15 bits per heavy atom. The van der Waals surface area contributed by atoms with Crippen LogP contribution >= 0.6 is 0 Å². The average Bonchev–Trinajstić information content (AvgIpc) is 2.89. The molecule has 0 radical (unpaired) electrons. The highest BCUT2D eigenvalue weighted by Crippen LogP contribution is 2.31. The van der Waals surface area contributed by atoms with Crippen molar-refractivity contribution in [2.24, 2.45) is 5.73 Å². The first-order chi connectivity index (χ1) is 9.67. The Kier molecular flexibility index (Phi) is 5.67. The van der Waals surface area contributed by atoms with E-state index in [4.69, 9.17) is 5.73 Å². The first-order valence-electron chi connectivity index (χ1n) is 8.34. The van der Waals surface area contributed by atoms with Gasteiger partial charge in [0.05, 0.1) is 0 Å². The molecule has 0 amide bonds. The number of hydrogen-bond donors (Lipinski definition) is 1. The second-order valence-corrected chi connectivity index (χ2v) is 6.14. The monoisotopic (exact) mass is 277 g/mol. The van der Waals surface area contributed by atoms with E-state index in [1.54, 1.807) is 0 Å². The van der Waals surface area contributed by atoms with Gasteiger partial charge in [-0.2, -0.15) is 0 Å². The Morgan fingerprint density at radius 3 is 2.85 bits per heavy atom. The molecular weight excluding hydrogens is 246 g/mol. The quantitative estimate of drug-likeness (QED) is 0.827. The zero-order valence-electron chi connectivity index (χ0n) is 13.4. The Morgan fingerprint density at radius 1 is 1.40 bits per heavy atom. The fraction of sp³-hybridized carbons (Fsp3) is 0.765. The molecule has 2 rings (SSSR count). The minimum atomic E-state index is 0.267. The summed E-state index contributed by atoms with van der Waals surface area (Å²) in [6, 6.07) is 3.11. The number of nitrogens with two attached hydrogens (primary N) is 1. The molecule has 2 N–H and O–H groups in total. The Labute approximate surface area is 124 Å². The van der Waals surface area contributed by atoms with Gasteiger partial charge in [0.15, 0.2) is 0 Å². The summed E-state index contributed by atoms with van der Waals surface area (Å²) in [6.07, 6.45) is 8.39. The summed E-state index contributed by atoms with van der Waals surface area (Å²) < 4.78 is 2.48. The Bertz CT molecular complexity index is 406. The van der Waals surface area contributed by atoms with Crippen LogP contribution in [0.4, 0.5) is 0 Å². The van der Waals surface area contributed by atoms with E-state index < -0.39 is 0 Å². The lowest BCUT2D eigenvalue weighted by Crippen LogP contribution is -2.24. The second kappa shape index (κ2) is 7.28. The van der Waals surface area contributed by atoms with Gasteiger partial charge in [-0.3, -0.25) is 0 Å². The molecule has 0 aliphatic heterocycles. The third-order valence-electron chi connectivity index (χ3n) is 4.85. The van der Waals surface area contributed by atoms with Crippen LogP contribution < -0.4 is 5.73 Å². The minimum absolute atomic E-state index is 0.267. The van der Waals surface area contributed by atoms with Gasteiger partial charge in [-0.05, 0) is 70.3 Å². The molecule has 114 valence electrons. The van der Waals surface area contributed by atoms with E-state index in [0.717, 1.165) is 6.42 Å². The van der Waals surface area contributed by atoms with E-state index in [9.17, 15) is 0 Å². The van der Waals surface area contributed by atoms with Gasteiger partial charge >= 0.3 is 0 Å². The molecule has 0 saturated heterocycles. The van der Waals surface area contributed by atoms with Crippen LogP contribution in [-0.2, 0) is 6.42 Å². The SMILES string of the molecule is CCN(CC)CCCC(C)n1ccc2c1CCCC2N. The van der Waals surface area contributed by atoms with Crippen molar-refractivity contribution in [1.29, 1.82) is 0 Å². The Balaban J connectivity index is 1.91. The van der Waals surface area contributed by atoms with Crippen LogP contribution in [0.1, 0.15) is 69.8 Å². The molecule has 2 unspecified atom stereocenters. The lowest BCUT2D eigenvalue weighted by Gasteiger charge is -2.25. The zero-order chi connectivity index (χ0) is 14.5. The molecule has 1 heterocycles. The fourth-order valence-corrected chi connectivity index (χ4v) is 3.45. The van der Waals surface area contributed by atoms with E-state index in [1.807, 2.05) is 0 Å². The molecule has 1 aliphatic rings. The van der Waals surface area contributed by atoms with Crippen molar-refractivity contribution in [1.82, 2.24) is 9.47 Å². The topological polar surface area (TPSA) is 34.2 Å². The van der Waals surface area contributed by atoms with Crippen molar-refractivity contribution in [3.63, 3.8) is 0 Å². The molecule has 0 bridgehead atoms. The number of hydrogen-bond acceptors (Lipinski definition) is 2. The average molecular weight is 277 g/mol. The largest absolute Gasteiger partial charge is 0.348 e. The summed E-state index contributed by atoms with van der Waals surface area (Å²) in [7, 11) is 0. The molecule has 0 fully saturated rings. The second-order valence-electron chi connectivity index (χ2n) is 6.14. The van der Waals surface area contributed by atoms with E-state index in [2.05, 4.69) is 42.5 Å². The van der Waals surface area contributed by atoms with Gasteiger partial charge in [0.1, 0.15) is 0 Å². The maximum absolute atomic E-state index is 6.22. The molecule has 0 spiro atoms. The van der Waals surface area contributed by atoms with Crippen LogP contribution in [-0.4, -0.2) is 29.1 Å². The number of fused-ring (bicyclic) bond motifs is 1. The molecule has 1 aromatic heterocycles. The smallest absolute Gasteiger partial charge is 0.0312 e. The van der Waals surface area contributed by atoms with Gasteiger partial charge in [0, 0.05) is 24.0 Å². The van der Waals surface area contributed by atoms with Crippen LogP contribution in [0, 0.1) is 0 Å². The minimum Gasteiger partial charge on any atom is -0.348 e. The standard InChI is InChI=1S/C17H31N3/c1-4-19(5-2)12-7-8-14(3)20-13-11-15-16(18)9-6-10-17(15)20/h11,13-14,16H,4-10,12,18H2,1-3H3. The lowest BCUT2D eigenvalue weighted by molar-refractivity contribution is 0.287. The molecule has 0 saturated carbocycles. The predicted octanol–water partition coefficient (Wildman–Crippen LogP) is 3.51. The van der Waals surface area contributed by atoms with Crippen LogP contribution in [0.2, 0.25) is 0 Å². The highest BCUT2D eigenvalue weighted by molar-refractivity contribution is 5.28. The predicted molar refractivity (Wildman–Crippen MR) is 86.0 cm³/mol. The van der Waals surface area contributed by atoms with Gasteiger partial charge in [-0.25, -0.2) is 0 Å². The summed E-state index contributed by atoms with van der Waals surface area (Å²) in [5.74, 6) is 0. The van der Waals surface area contributed by atoms with Gasteiger partial charge in [0.2, 0.25) is 0 Å². The van der Waals surface area contributed by atoms with Crippen molar-refractivity contribution in [2.45, 2.75) is 65.0 Å². The van der Waals surface area contributed by atoms with Crippen molar-refractivity contribution in [3.05, 3.63) is 23.5 Å². The lowest BCUT2D eigenvalue weighted by atomic mass is 9.93. The summed E-state index contributed by atoms with van der Waals surface area (Å²) in [5, 5.41) is 0. The van der Waals surface area contributed by atoms with Crippen molar-refractivity contribution in [2.75, 3.05) is 19.6 Å². The van der Waals surface area contributed by atoms with E-state index in [1.165, 1.54) is 56.6 Å². The summed E-state index contributed by atoms with van der Waals surface area (Å²) in [4.78, 5) is 2.51. The third-order valence-corrected chi connectivity index (χ3v) is 4.85. The molecule has 0 aromatic carbocycles. The van der Waals surface area contributed by atoms with Gasteiger partial charge in [-0.1, -0.05) is 13.8 Å². The van der Waals surface area contributed by atoms with E-state index in [-0.39, 0.29) is 6.04 Å². The first kappa shape index (κ1) is 15.6. The molecule has 3 heteroatoms. The van der Waals surface area contributed by atoms with Crippen LogP contribution in [0.5, 0.6) is 0 Å². The van der Waals surface area contributed by atoms with E-state index >= 15 is 0 Å². The van der Waals surface area contributed by atoms with Gasteiger partial charge in [-0.15, -0.1) is 0 Å². The highest BCUT2D eigenvalue weighted by atomic mass is 15.1. The molecule has 1 aromatic rings. The normalized spacial score (nSPS) is 20.1. The number of aromatic nitrogens is 1. The third kappa shape index (κ3) is 3.44. The molecule has 3 nitrogen and oxygen atoms in total. The number of rotatable bonds is 7. The van der Waals surface area contributed by atoms with Crippen molar-refractivity contribution < 1.29 is 0 Å². The van der Waals surface area contributed by atoms with Gasteiger partial charge < -0.3 is 15.2 Å². The summed E-state index contributed by atoms with van der Waals surface area (Å²) >= 11 is 0. The molecule has 2 atom stereocenters. The number of nitrogens with zero attached hydrogens (tertiary/aromatic N) is 2. The highest BCUT2D eigenvalue weighted by Gasteiger charge is 2.21. The fourth-order valence-electron chi connectivity index (χ4n) is 3.45. The maximum Gasteiger partial charge on any atom is 0.0312 e. The van der Waals surface area contributed by atoms with Crippen molar-refractivity contribution >= 4 is 0 Å². The van der Waals surface area contributed by atoms with Crippen LogP contribution in [0.3, 0.4) is 0 Å².